The highest BCUT2D eigenvalue weighted by atomic mass is 35.5. The highest BCUT2D eigenvalue weighted by molar-refractivity contribution is 6.29. The average molecular weight is 267 g/mol. The first-order chi connectivity index (χ1) is 9.33. The van der Waals surface area contributed by atoms with Crippen molar-refractivity contribution in [3.8, 4) is 22.5 Å². The van der Waals surface area contributed by atoms with Crippen LogP contribution in [0.15, 0.2) is 66.9 Å². The van der Waals surface area contributed by atoms with Crippen molar-refractivity contribution in [2.45, 2.75) is 0 Å². The second-order valence-electron chi connectivity index (χ2n) is 4.15. The second-order valence-corrected chi connectivity index (χ2v) is 4.53. The van der Waals surface area contributed by atoms with Gasteiger partial charge in [0.2, 0.25) is 0 Å². The van der Waals surface area contributed by atoms with Crippen molar-refractivity contribution in [3.05, 3.63) is 72.0 Å². The van der Waals surface area contributed by atoms with Crippen molar-refractivity contribution >= 4 is 11.6 Å². The standard InChI is InChI=1S/C16H11ClN2/c17-15-10-11-18-16(19-15)14-8-6-13(7-9-14)12-4-2-1-3-5-12/h1-11H. The van der Waals surface area contributed by atoms with Gasteiger partial charge in [0.05, 0.1) is 0 Å². The normalized spacial score (nSPS) is 10.4. The topological polar surface area (TPSA) is 25.8 Å². The van der Waals surface area contributed by atoms with Gasteiger partial charge in [-0.25, -0.2) is 9.97 Å². The summed E-state index contributed by atoms with van der Waals surface area (Å²) >= 11 is 5.87. The van der Waals surface area contributed by atoms with E-state index in [0.29, 0.717) is 11.0 Å². The molecule has 2 aromatic carbocycles. The van der Waals surface area contributed by atoms with Crippen LogP contribution in [0.2, 0.25) is 5.15 Å². The Kier molecular flexibility index (Phi) is 3.25. The molecule has 3 rings (SSSR count). The molecule has 19 heavy (non-hydrogen) atoms. The Morgan fingerprint density at radius 2 is 1.32 bits per heavy atom. The number of rotatable bonds is 2. The Balaban J connectivity index is 1.95. The molecule has 92 valence electrons. The monoisotopic (exact) mass is 266 g/mol. The summed E-state index contributed by atoms with van der Waals surface area (Å²) in [4.78, 5) is 8.42. The van der Waals surface area contributed by atoms with Gasteiger partial charge < -0.3 is 0 Å². The number of benzene rings is 2. The van der Waals surface area contributed by atoms with Gasteiger partial charge in [0.1, 0.15) is 5.15 Å². The lowest BCUT2D eigenvalue weighted by Gasteiger charge is -2.04. The first-order valence-corrected chi connectivity index (χ1v) is 6.35. The molecule has 2 nitrogen and oxygen atoms in total. The van der Waals surface area contributed by atoms with Crippen molar-refractivity contribution in [3.63, 3.8) is 0 Å². The maximum atomic E-state index is 5.87. The molecule has 0 unspecified atom stereocenters. The molecule has 0 aliphatic heterocycles. The summed E-state index contributed by atoms with van der Waals surface area (Å²) in [6.07, 6.45) is 1.66. The molecule has 0 atom stereocenters. The third kappa shape index (κ3) is 2.64. The quantitative estimate of drug-likeness (QED) is 0.640. The largest absolute Gasteiger partial charge is 0.236 e. The molecule has 0 aliphatic rings. The molecule has 0 N–H and O–H groups in total. The smallest absolute Gasteiger partial charge is 0.160 e. The summed E-state index contributed by atoms with van der Waals surface area (Å²) in [5.41, 5.74) is 3.33. The molecule has 0 fully saturated rings. The number of nitrogens with zero attached hydrogens (tertiary/aromatic N) is 2. The van der Waals surface area contributed by atoms with E-state index in [-0.39, 0.29) is 0 Å². The van der Waals surface area contributed by atoms with E-state index in [1.807, 2.05) is 30.3 Å². The molecule has 0 bridgehead atoms. The lowest BCUT2D eigenvalue weighted by atomic mass is 10.0. The molecular weight excluding hydrogens is 256 g/mol. The van der Waals surface area contributed by atoms with Crippen molar-refractivity contribution in [1.29, 1.82) is 0 Å². The van der Waals surface area contributed by atoms with E-state index in [9.17, 15) is 0 Å². The number of aromatic nitrogens is 2. The Morgan fingerprint density at radius 1 is 0.684 bits per heavy atom. The van der Waals surface area contributed by atoms with Crippen LogP contribution < -0.4 is 0 Å². The summed E-state index contributed by atoms with van der Waals surface area (Å²) in [6.45, 7) is 0. The second kappa shape index (κ2) is 5.21. The first kappa shape index (κ1) is 11.9. The molecule has 0 saturated carbocycles. The Bertz CT molecular complexity index is 679. The van der Waals surface area contributed by atoms with Crippen LogP contribution in [-0.4, -0.2) is 9.97 Å². The van der Waals surface area contributed by atoms with Gasteiger partial charge in [0.25, 0.3) is 0 Å². The zero-order valence-electron chi connectivity index (χ0n) is 10.1. The van der Waals surface area contributed by atoms with E-state index in [1.165, 1.54) is 11.1 Å². The molecule has 0 saturated heterocycles. The van der Waals surface area contributed by atoms with Gasteiger partial charge in [-0.2, -0.15) is 0 Å². The van der Waals surface area contributed by atoms with Crippen molar-refractivity contribution < 1.29 is 0 Å². The van der Waals surface area contributed by atoms with Gasteiger partial charge in [-0.3, -0.25) is 0 Å². The van der Waals surface area contributed by atoms with Crippen LogP contribution >= 0.6 is 11.6 Å². The van der Waals surface area contributed by atoms with E-state index in [0.717, 1.165) is 5.56 Å². The van der Waals surface area contributed by atoms with Gasteiger partial charge in [-0.05, 0) is 17.2 Å². The fourth-order valence-corrected chi connectivity index (χ4v) is 2.05. The lowest BCUT2D eigenvalue weighted by molar-refractivity contribution is 1.18. The number of hydrogen-bond acceptors (Lipinski definition) is 2. The molecule has 1 heterocycles. The van der Waals surface area contributed by atoms with Gasteiger partial charge >= 0.3 is 0 Å². The third-order valence-electron chi connectivity index (χ3n) is 2.87. The third-order valence-corrected chi connectivity index (χ3v) is 3.08. The fraction of sp³-hybridized carbons (Fsp3) is 0. The summed E-state index contributed by atoms with van der Waals surface area (Å²) in [6, 6.07) is 20.1. The highest BCUT2D eigenvalue weighted by Gasteiger charge is 2.02. The molecule has 3 aromatic rings. The SMILES string of the molecule is Clc1ccnc(-c2ccc(-c3ccccc3)cc2)n1. The van der Waals surface area contributed by atoms with Gasteiger partial charge in [0, 0.05) is 11.8 Å². The van der Waals surface area contributed by atoms with Crippen LogP contribution in [0.4, 0.5) is 0 Å². The van der Waals surface area contributed by atoms with Crippen LogP contribution in [0.3, 0.4) is 0 Å². The molecule has 1 aromatic heterocycles. The lowest BCUT2D eigenvalue weighted by Crippen LogP contribution is -1.88. The molecule has 0 aliphatic carbocycles. The van der Waals surface area contributed by atoms with E-state index < -0.39 is 0 Å². The van der Waals surface area contributed by atoms with E-state index >= 15 is 0 Å². The zero-order valence-corrected chi connectivity index (χ0v) is 10.9. The maximum Gasteiger partial charge on any atom is 0.160 e. The van der Waals surface area contributed by atoms with Crippen LogP contribution in [0.5, 0.6) is 0 Å². The molecular formula is C16H11ClN2. The summed E-state index contributed by atoms with van der Waals surface area (Å²) in [5.74, 6) is 0.645. The minimum atomic E-state index is 0.456. The van der Waals surface area contributed by atoms with Gasteiger partial charge in [-0.15, -0.1) is 0 Å². The first-order valence-electron chi connectivity index (χ1n) is 5.97. The van der Waals surface area contributed by atoms with Crippen molar-refractivity contribution in [1.82, 2.24) is 9.97 Å². The Morgan fingerprint density at radius 3 is 2.00 bits per heavy atom. The van der Waals surface area contributed by atoms with Crippen LogP contribution in [0.25, 0.3) is 22.5 Å². The van der Waals surface area contributed by atoms with E-state index in [2.05, 4.69) is 34.2 Å². The van der Waals surface area contributed by atoms with E-state index in [4.69, 9.17) is 11.6 Å². The van der Waals surface area contributed by atoms with Crippen molar-refractivity contribution in [2.75, 3.05) is 0 Å². The van der Waals surface area contributed by atoms with Crippen LogP contribution in [0, 0.1) is 0 Å². The minimum absolute atomic E-state index is 0.456. The average Bonchev–Trinajstić information content (AvgIpc) is 2.48. The highest BCUT2D eigenvalue weighted by Crippen LogP contribution is 2.23. The summed E-state index contributed by atoms with van der Waals surface area (Å²) in [7, 11) is 0. The zero-order chi connectivity index (χ0) is 13.1. The maximum absolute atomic E-state index is 5.87. The summed E-state index contributed by atoms with van der Waals surface area (Å²) in [5, 5.41) is 0.456. The fourth-order valence-electron chi connectivity index (χ4n) is 1.92. The van der Waals surface area contributed by atoms with Crippen molar-refractivity contribution in [2.24, 2.45) is 0 Å². The van der Waals surface area contributed by atoms with Gasteiger partial charge in [-0.1, -0.05) is 66.2 Å². The van der Waals surface area contributed by atoms with E-state index in [1.54, 1.807) is 12.3 Å². The van der Waals surface area contributed by atoms with Crippen LogP contribution in [-0.2, 0) is 0 Å². The Hall–Kier alpha value is -2.19. The number of hydrogen-bond donors (Lipinski definition) is 0. The predicted octanol–water partition coefficient (Wildman–Crippen LogP) is 4.46. The Labute approximate surface area is 116 Å². The van der Waals surface area contributed by atoms with Crippen LogP contribution in [0.1, 0.15) is 0 Å². The number of halogens is 1. The minimum Gasteiger partial charge on any atom is -0.236 e. The summed E-state index contributed by atoms with van der Waals surface area (Å²) < 4.78 is 0. The van der Waals surface area contributed by atoms with Gasteiger partial charge in [0.15, 0.2) is 5.82 Å². The molecule has 0 radical (unpaired) electrons. The molecule has 0 amide bonds. The molecule has 3 heteroatoms. The predicted molar refractivity (Wildman–Crippen MR) is 77.9 cm³/mol. The molecule has 0 spiro atoms.